The lowest BCUT2D eigenvalue weighted by molar-refractivity contribution is 0.112. The number of rotatable bonds is 4. The van der Waals surface area contributed by atoms with Crippen molar-refractivity contribution in [1.82, 2.24) is 4.98 Å². The first-order chi connectivity index (χ1) is 12.3. The number of hydrogen-bond donors (Lipinski definition) is 0. The summed E-state index contributed by atoms with van der Waals surface area (Å²) in [5, 5.41) is 1.04. The molecule has 0 amide bonds. The summed E-state index contributed by atoms with van der Waals surface area (Å²) in [5.74, 6) is 0.983. The fourth-order valence-electron chi connectivity index (χ4n) is 2.78. The van der Waals surface area contributed by atoms with Crippen molar-refractivity contribution in [2.45, 2.75) is 0 Å². The number of ether oxygens (including phenoxy) is 1. The van der Waals surface area contributed by atoms with Gasteiger partial charge in [0.15, 0.2) is 6.29 Å². The molecule has 1 aromatic heterocycles. The highest BCUT2D eigenvalue weighted by Crippen LogP contribution is 2.35. The van der Waals surface area contributed by atoms with Crippen LogP contribution in [0.5, 0.6) is 11.6 Å². The van der Waals surface area contributed by atoms with Gasteiger partial charge in [-0.2, -0.15) is 0 Å². The molecule has 0 saturated carbocycles. The standard InChI is InChI=1S/C22H15NO2/c24-15-18-11-5-7-13-21(18)25-22-19(16-8-2-1-3-9-16)14-17-10-4-6-12-20(17)23-22/h1-15H. The Labute approximate surface area is 145 Å². The molecule has 0 aliphatic carbocycles. The summed E-state index contributed by atoms with van der Waals surface area (Å²) < 4.78 is 6.05. The van der Waals surface area contributed by atoms with Crippen molar-refractivity contribution in [3.05, 3.63) is 90.5 Å². The number of aromatic nitrogens is 1. The first-order valence-electron chi connectivity index (χ1n) is 8.02. The molecule has 120 valence electrons. The van der Waals surface area contributed by atoms with Crippen molar-refractivity contribution in [1.29, 1.82) is 0 Å². The van der Waals surface area contributed by atoms with E-state index in [0.717, 1.165) is 28.3 Å². The van der Waals surface area contributed by atoms with E-state index in [-0.39, 0.29) is 0 Å². The molecule has 0 aliphatic heterocycles. The zero-order valence-electron chi connectivity index (χ0n) is 13.4. The van der Waals surface area contributed by atoms with E-state index in [1.54, 1.807) is 12.1 Å². The summed E-state index contributed by atoms with van der Waals surface area (Å²) in [5.41, 5.74) is 3.25. The van der Waals surface area contributed by atoms with Gasteiger partial charge in [-0.25, -0.2) is 4.98 Å². The molecular weight excluding hydrogens is 310 g/mol. The maximum absolute atomic E-state index is 11.3. The molecule has 25 heavy (non-hydrogen) atoms. The quantitative estimate of drug-likeness (QED) is 0.465. The second kappa shape index (κ2) is 6.57. The molecule has 0 bridgehead atoms. The zero-order chi connectivity index (χ0) is 17.1. The fraction of sp³-hybridized carbons (Fsp3) is 0. The lowest BCUT2D eigenvalue weighted by atomic mass is 10.0. The molecule has 0 spiro atoms. The second-order valence-electron chi connectivity index (χ2n) is 5.66. The lowest BCUT2D eigenvalue weighted by Crippen LogP contribution is -1.95. The Balaban J connectivity index is 1.90. The van der Waals surface area contributed by atoms with Gasteiger partial charge in [-0.15, -0.1) is 0 Å². The van der Waals surface area contributed by atoms with E-state index in [2.05, 4.69) is 11.1 Å². The number of pyridine rings is 1. The Kier molecular flexibility index (Phi) is 3.97. The number of hydrogen-bond acceptors (Lipinski definition) is 3. The smallest absolute Gasteiger partial charge is 0.227 e. The maximum Gasteiger partial charge on any atom is 0.227 e. The Morgan fingerprint density at radius 2 is 1.52 bits per heavy atom. The van der Waals surface area contributed by atoms with E-state index >= 15 is 0 Å². The van der Waals surface area contributed by atoms with Crippen LogP contribution >= 0.6 is 0 Å². The summed E-state index contributed by atoms with van der Waals surface area (Å²) in [7, 11) is 0. The number of fused-ring (bicyclic) bond motifs is 1. The highest BCUT2D eigenvalue weighted by molar-refractivity contribution is 5.86. The third-order valence-corrected chi connectivity index (χ3v) is 4.03. The molecule has 0 unspecified atom stereocenters. The molecule has 4 aromatic rings. The van der Waals surface area contributed by atoms with Crippen LogP contribution in [0, 0.1) is 0 Å². The zero-order valence-corrected chi connectivity index (χ0v) is 13.4. The second-order valence-corrected chi connectivity index (χ2v) is 5.66. The summed E-state index contributed by atoms with van der Waals surface area (Å²) in [4.78, 5) is 16.0. The highest BCUT2D eigenvalue weighted by Gasteiger charge is 2.13. The van der Waals surface area contributed by atoms with Gasteiger partial charge in [0, 0.05) is 10.9 Å². The van der Waals surface area contributed by atoms with Crippen molar-refractivity contribution in [3.8, 4) is 22.8 Å². The molecule has 3 heteroatoms. The molecule has 0 atom stereocenters. The van der Waals surface area contributed by atoms with Crippen LogP contribution < -0.4 is 4.74 Å². The van der Waals surface area contributed by atoms with Crippen LogP contribution in [0.15, 0.2) is 84.9 Å². The van der Waals surface area contributed by atoms with Crippen LogP contribution in [0.25, 0.3) is 22.0 Å². The molecule has 0 fully saturated rings. The van der Waals surface area contributed by atoms with Crippen LogP contribution in [0.3, 0.4) is 0 Å². The van der Waals surface area contributed by atoms with Crippen molar-refractivity contribution < 1.29 is 9.53 Å². The summed E-state index contributed by atoms with van der Waals surface area (Å²) >= 11 is 0. The number of benzene rings is 3. The highest BCUT2D eigenvalue weighted by atomic mass is 16.5. The van der Waals surface area contributed by atoms with E-state index in [4.69, 9.17) is 4.74 Å². The average Bonchev–Trinajstić information content (AvgIpc) is 2.68. The molecule has 0 N–H and O–H groups in total. The van der Waals surface area contributed by atoms with Crippen molar-refractivity contribution in [2.24, 2.45) is 0 Å². The van der Waals surface area contributed by atoms with Crippen LogP contribution in [0.4, 0.5) is 0 Å². The summed E-state index contributed by atoms with van der Waals surface area (Å²) in [6.45, 7) is 0. The van der Waals surface area contributed by atoms with E-state index in [9.17, 15) is 4.79 Å². The van der Waals surface area contributed by atoms with Crippen molar-refractivity contribution in [2.75, 3.05) is 0 Å². The topological polar surface area (TPSA) is 39.2 Å². The van der Waals surface area contributed by atoms with E-state index < -0.39 is 0 Å². The average molecular weight is 325 g/mol. The molecule has 1 heterocycles. The third-order valence-electron chi connectivity index (χ3n) is 4.03. The SMILES string of the molecule is O=Cc1ccccc1Oc1nc2ccccc2cc1-c1ccccc1. The minimum Gasteiger partial charge on any atom is -0.438 e. The van der Waals surface area contributed by atoms with Gasteiger partial charge in [0.1, 0.15) is 5.75 Å². The van der Waals surface area contributed by atoms with Gasteiger partial charge in [-0.05, 0) is 29.8 Å². The Morgan fingerprint density at radius 1 is 0.800 bits per heavy atom. The molecule has 4 rings (SSSR count). The Hall–Kier alpha value is -3.46. The van der Waals surface area contributed by atoms with Gasteiger partial charge < -0.3 is 4.74 Å². The van der Waals surface area contributed by atoms with Gasteiger partial charge in [-0.3, -0.25) is 4.79 Å². The largest absolute Gasteiger partial charge is 0.438 e. The molecule has 3 aromatic carbocycles. The molecule has 0 aliphatic rings. The number of nitrogens with zero attached hydrogens (tertiary/aromatic N) is 1. The van der Waals surface area contributed by atoms with Crippen LogP contribution in [-0.4, -0.2) is 11.3 Å². The van der Waals surface area contributed by atoms with Gasteiger partial charge in [0.25, 0.3) is 0 Å². The monoisotopic (exact) mass is 325 g/mol. The van der Waals surface area contributed by atoms with Gasteiger partial charge in [0.2, 0.25) is 5.88 Å². The molecule has 0 saturated heterocycles. The molecule has 3 nitrogen and oxygen atoms in total. The number of carbonyl (C=O) groups is 1. The number of aldehydes is 1. The number of para-hydroxylation sites is 2. The summed E-state index contributed by atoms with van der Waals surface area (Å²) in [6, 6.07) is 27.1. The van der Waals surface area contributed by atoms with Crippen molar-refractivity contribution in [3.63, 3.8) is 0 Å². The molecule has 0 radical (unpaired) electrons. The van der Waals surface area contributed by atoms with E-state index in [1.807, 2.05) is 66.7 Å². The normalized spacial score (nSPS) is 10.6. The third kappa shape index (κ3) is 3.00. The predicted octanol–water partition coefficient (Wildman–Crippen LogP) is 5.51. The molecular formula is C22H15NO2. The van der Waals surface area contributed by atoms with Gasteiger partial charge in [0.05, 0.1) is 11.1 Å². The van der Waals surface area contributed by atoms with Crippen LogP contribution in [0.2, 0.25) is 0 Å². The maximum atomic E-state index is 11.3. The Morgan fingerprint density at radius 3 is 2.36 bits per heavy atom. The lowest BCUT2D eigenvalue weighted by Gasteiger charge is -2.13. The predicted molar refractivity (Wildman–Crippen MR) is 99.1 cm³/mol. The van der Waals surface area contributed by atoms with E-state index in [1.165, 1.54) is 0 Å². The fourth-order valence-corrected chi connectivity index (χ4v) is 2.78. The number of carbonyl (C=O) groups excluding carboxylic acids is 1. The minimum atomic E-state index is 0.485. The first kappa shape index (κ1) is 15.1. The van der Waals surface area contributed by atoms with Crippen LogP contribution in [-0.2, 0) is 0 Å². The Bertz CT molecular complexity index is 1040. The first-order valence-corrected chi connectivity index (χ1v) is 8.02. The van der Waals surface area contributed by atoms with Crippen molar-refractivity contribution >= 4 is 17.2 Å². The summed E-state index contributed by atoms with van der Waals surface area (Å²) in [6.07, 6.45) is 0.790. The van der Waals surface area contributed by atoms with E-state index in [0.29, 0.717) is 17.2 Å². The van der Waals surface area contributed by atoms with Gasteiger partial charge in [-0.1, -0.05) is 60.7 Å². The minimum absolute atomic E-state index is 0.485. The van der Waals surface area contributed by atoms with Gasteiger partial charge >= 0.3 is 0 Å². The van der Waals surface area contributed by atoms with Crippen LogP contribution in [0.1, 0.15) is 10.4 Å².